The van der Waals surface area contributed by atoms with Crippen LogP contribution in [0.4, 0.5) is 21.4 Å². The molecule has 138 valence electrons. The van der Waals surface area contributed by atoms with Gasteiger partial charge in [-0.2, -0.15) is 5.10 Å². The average Bonchev–Trinajstić information content (AvgIpc) is 3.08. The molecule has 0 aliphatic carbocycles. The molecule has 8 nitrogen and oxygen atoms in total. The molecule has 3 aromatic rings. The highest BCUT2D eigenvalue weighted by molar-refractivity contribution is 7.14. The number of nitrogens with one attached hydrogen (secondary N) is 2. The number of methoxy groups -OCH3 is 1. The first-order valence-electron chi connectivity index (χ1n) is 7.86. The summed E-state index contributed by atoms with van der Waals surface area (Å²) in [5.74, 6) is 1.14. The van der Waals surface area contributed by atoms with Crippen LogP contribution in [0.5, 0.6) is 11.5 Å². The van der Waals surface area contributed by atoms with Crippen molar-refractivity contribution in [2.45, 2.75) is 0 Å². The molecule has 27 heavy (non-hydrogen) atoms. The Morgan fingerprint density at radius 3 is 2.74 bits per heavy atom. The molecule has 0 unspecified atom stereocenters. The molecule has 1 heterocycles. The first kappa shape index (κ1) is 18.2. The Hall–Kier alpha value is -3.59. The maximum Gasteiger partial charge on any atom is 0.417 e. The summed E-state index contributed by atoms with van der Waals surface area (Å²) in [5.41, 5.74) is 9.72. The number of aromatic nitrogens is 1. The highest BCUT2D eigenvalue weighted by Gasteiger charge is 2.10. The van der Waals surface area contributed by atoms with Crippen LogP contribution < -0.4 is 25.9 Å². The van der Waals surface area contributed by atoms with Crippen molar-refractivity contribution in [2.24, 2.45) is 5.10 Å². The van der Waals surface area contributed by atoms with Gasteiger partial charge in [0.2, 0.25) is 5.13 Å². The second-order valence-corrected chi connectivity index (χ2v) is 6.10. The van der Waals surface area contributed by atoms with Crippen molar-refractivity contribution in [3.05, 3.63) is 59.5 Å². The second-order valence-electron chi connectivity index (χ2n) is 5.24. The first-order chi connectivity index (χ1) is 13.1. The summed E-state index contributed by atoms with van der Waals surface area (Å²) < 4.78 is 10.6. The van der Waals surface area contributed by atoms with Crippen LogP contribution in [-0.4, -0.2) is 24.4 Å². The molecule has 2 aromatic carbocycles. The molecule has 0 bridgehead atoms. The van der Waals surface area contributed by atoms with Gasteiger partial charge in [-0.1, -0.05) is 18.2 Å². The Kier molecular flexibility index (Phi) is 5.85. The maximum absolute atomic E-state index is 12.0. The number of amides is 1. The topological polar surface area (TPSA) is 111 Å². The summed E-state index contributed by atoms with van der Waals surface area (Å²) in [4.78, 5) is 16.1. The van der Waals surface area contributed by atoms with E-state index in [1.54, 1.807) is 41.9 Å². The van der Waals surface area contributed by atoms with Crippen molar-refractivity contribution < 1.29 is 14.3 Å². The van der Waals surface area contributed by atoms with Gasteiger partial charge in [-0.3, -0.25) is 10.7 Å². The van der Waals surface area contributed by atoms with E-state index in [2.05, 4.69) is 20.8 Å². The number of hydrogen-bond donors (Lipinski definition) is 3. The van der Waals surface area contributed by atoms with Gasteiger partial charge >= 0.3 is 6.09 Å². The lowest BCUT2D eigenvalue weighted by Crippen LogP contribution is -2.17. The van der Waals surface area contributed by atoms with E-state index in [4.69, 9.17) is 15.2 Å². The Morgan fingerprint density at radius 1 is 1.22 bits per heavy atom. The van der Waals surface area contributed by atoms with E-state index in [1.165, 1.54) is 18.4 Å². The predicted molar refractivity (Wildman–Crippen MR) is 107 cm³/mol. The van der Waals surface area contributed by atoms with E-state index in [9.17, 15) is 4.79 Å². The number of carbonyl (C=O) groups is 1. The molecule has 0 fully saturated rings. The van der Waals surface area contributed by atoms with Crippen molar-refractivity contribution in [1.29, 1.82) is 0 Å². The number of rotatable bonds is 6. The molecule has 0 atom stereocenters. The van der Waals surface area contributed by atoms with Crippen LogP contribution in [0.2, 0.25) is 0 Å². The summed E-state index contributed by atoms with van der Waals surface area (Å²) in [6, 6.07) is 14.1. The van der Waals surface area contributed by atoms with Crippen LogP contribution in [0, 0.1) is 0 Å². The number of ether oxygens (including phenoxy) is 2. The molecule has 1 amide bonds. The third kappa shape index (κ3) is 5.19. The number of nitrogens with zero attached hydrogens (tertiary/aromatic N) is 2. The fourth-order valence-electron chi connectivity index (χ4n) is 2.11. The Morgan fingerprint density at radius 2 is 2.04 bits per heavy atom. The number of nitrogen functional groups attached to an aromatic ring is 1. The lowest BCUT2D eigenvalue weighted by atomic mass is 10.2. The lowest BCUT2D eigenvalue weighted by Gasteiger charge is -2.10. The number of anilines is 3. The van der Waals surface area contributed by atoms with Crippen LogP contribution in [-0.2, 0) is 0 Å². The molecule has 0 radical (unpaired) electrons. The largest absolute Gasteiger partial charge is 0.493 e. The van der Waals surface area contributed by atoms with E-state index in [1.807, 2.05) is 18.2 Å². The van der Waals surface area contributed by atoms with Crippen LogP contribution in [0.25, 0.3) is 0 Å². The van der Waals surface area contributed by atoms with E-state index in [-0.39, 0.29) is 0 Å². The van der Waals surface area contributed by atoms with Crippen LogP contribution in [0.3, 0.4) is 0 Å². The molecular weight excluding hydrogens is 366 g/mol. The molecule has 3 rings (SSSR count). The Bertz CT molecular complexity index is 943. The summed E-state index contributed by atoms with van der Waals surface area (Å²) >= 11 is 1.35. The molecular formula is C18H17N5O3S. The highest BCUT2D eigenvalue weighted by Crippen LogP contribution is 2.28. The second kappa shape index (κ2) is 8.68. The number of para-hydroxylation sites is 1. The van der Waals surface area contributed by atoms with Gasteiger partial charge < -0.3 is 15.2 Å². The standard InChI is InChI=1S/C18H17N5O3S/c1-25-15-9-12(10-20-23-17-22-16(19)11-27-17)7-8-14(15)26-18(24)21-13-5-3-2-4-6-13/h2-11H,19H2,1H3,(H,21,24)(H,22,23). The molecule has 4 N–H and O–H groups in total. The minimum atomic E-state index is -0.607. The van der Waals surface area contributed by atoms with E-state index >= 15 is 0 Å². The lowest BCUT2D eigenvalue weighted by molar-refractivity contribution is 0.213. The number of carbonyl (C=O) groups excluding carboxylic acids is 1. The summed E-state index contributed by atoms with van der Waals surface area (Å²) in [7, 11) is 1.49. The van der Waals surface area contributed by atoms with Gasteiger partial charge in [0, 0.05) is 11.1 Å². The van der Waals surface area contributed by atoms with Crippen molar-refractivity contribution >= 4 is 40.3 Å². The smallest absolute Gasteiger partial charge is 0.417 e. The number of thiazole rings is 1. The number of hydrogen-bond acceptors (Lipinski definition) is 8. The zero-order valence-corrected chi connectivity index (χ0v) is 15.2. The van der Waals surface area contributed by atoms with Crippen LogP contribution in [0.15, 0.2) is 59.0 Å². The number of benzene rings is 2. The van der Waals surface area contributed by atoms with Gasteiger partial charge in [0.15, 0.2) is 11.5 Å². The maximum atomic E-state index is 12.0. The highest BCUT2D eigenvalue weighted by atomic mass is 32.1. The van der Waals surface area contributed by atoms with Gasteiger partial charge in [0.1, 0.15) is 5.82 Å². The summed E-state index contributed by atoms with van der Waals surface area (Å²) in [6.07, 6.45) is 0.984. The van der Waals surface area contributed by atoms with Crippen LogP contribution in [0.1, 0.15) is 5.56 Å². The van der Waals surface area contributed by atoms with E-state index < -0.39 is 6.09 Å². The Labute approximate surface area is 159 Å². The molecule has 0 saturated carbocycles. The quantitative estimate of drug-likeness (QED) is 0.441. The normalized spacial score (nSPS) is 10.6. The van der Waals surface area contributed by atoms with Crippen molar-refractivity contribution in [3.8, 4) is 11.5 Å². The van der Waals surface area contributed by atoms with Gasteiger partial charge in [-0.05, 0) is 35.9 Å². The molecule has 9 heteroatoms. The summed E-state index contributed by atoms with van der Waals surface area (Å²) in [5, 5.41) is 9.04. The fraction of sp³-hybridized carbons (Fsp3) is 0.0556. The van der Waals surface area contributed by atoms with Gasteiger partial charge in [0.05, 0.1) is 13.3 Å². The average molecular weight is 383 g/mol. The SMILES string of the molecule is COc1cc(C=NNc2nc(N)cs2)ccc1OC(=O)Nc1ccccc1. The summed E-state index contributed by atoms with van der Waals surface area (Å²) in [6.45, 7) is 0. The molecule has 0 aliphatic heterocycles. The molecule has 0 saturated heterocycles. The molecule has 0 aliphatic rings. The zero-order chi connectivity index (χ0) is 19.1. The third-order valence-corrected chi connectivity index (χ3v) is 4.07. The fourth-order valence-corrected chi connectivity index (χ4v) is 2.66. The van der Waals surface area contributed by atoms with Crippen molar-refractivity contribution in [1.82, 2.24) is 4.98 Å². The predicted octanol–water partition coefficient (Wildman–Crippen LogP) is 3.79. The van der Waals surface area contributed by atoms with Crippen molar-refractivity contribution in [2.75, 3.05) is 23.6 Å². The minimum Gasteiger partial charge on any atom is -0.493 e. The van der Waals surface area contributed by atoms with Gasteiger partial charge in [-0.25, -0.2) is 9.78 Å². The minimum absolute atomic E-state index is 0.295. The zero-order valence-electron chi connectivity index (χ0n) is 14.4. The van der Waals surface area contributed by atoms with E-state index in [0.717, 1.165) is 5.56 Å². The van der Waals surface area contributed by atoms with Gasteiger partial charge in [0.25, 0.3) is 0 Å². The number of nitrogens with two attached hydrogens (primary N) is 1. The van der Waals surface area contributed by atoms with Gasteiger partial charge in [-0.15, -0.1) is 11.3 Å². The third-order valence-electron chi connectivity index (χ3n) is 3.31. The van der Waals surface area contributed by atoms with E-state index in [0.29, 0.717) is 28.1 Å². The molecule has 0 spiro atoms. The monoisotopic (exact) mass is 383 g/mol. The number of hydrazone groups is 1. The molecule has 1 aromatic heterocycles. The van der Waals surface area contributed by atoms with Crippen LogP contribution >= 0.6 is 11.3 Å². The van der Waals surface area contributed by atoms with Crippen molar-refractivity contribution in [3.63, 3.8) is 0 Å². The first-order valence-corrected chi connectivity index (χ1v) is 8.74. The Balaban J connectivity index is 1.64.